The van der Waals surface area contributed by atoms with E-state index >= 15 is 0 Å². The molecule has 3 aliphatic carbocycles. The van der Waals surface area contributed by atoms with Gasteiger partial charge in [0.05, 0.1) is 36.9 Å². The average Bonchev–Trinajstić information content (AvgIpc) is 3.58. The van der Waals surface area contributed by atoms with Gasteiger partial charge in [-0.3, -0.25) is 9.59 Å². The van der Waals surface area contributed by atoms with E-state index in [0.717, 1.165) is 56.3 Å². The quantitative estimate of drug-likeness (QED) is 0.338. The number of nitrogens with zero attached hydrogens (tertiary/aromatic N) is 1. The van der Waals surface area contributed by atoms with Gasteiger partial charge in [0, 0.05) is 17.4 Å². The van der Waals surface area contributed by atoms with Gasteiger partial charge in [0.2, 0.25) is 5.91 Å². The minimum absolute atomic E-state index is 0.00319. The zero-order chi connectivity index (χ0) is 27.3. The van der Waals surface area contributed by atoms with Gasteiger partial charge in [0.1, 0.15) is 5.25 Å². The second kappa shape index (κ2) is 13.2. The second-order valence-electron chi connectivity index (χ2n) is 12.6. The van der Waals surface area contributed by atoms with Crippen molar-refractivity contribution >= 4 is 23.6 Å². The molecular formula is C31H47NO5S. The van der Waals surface area contributed by atoms with Crippen molar-refractivity contribution in [1.29, 1.82) is 0 Å². The van der Waals surface area contributed by atoms with Crippen molar-refractivity contribution in [3.05, 3.63) is 11.0 Å². The van der Waals surface area contributed by atoms with Crippen LogP contribution >= 0.6 is 11.8 Å². The number of hydrogen-bond donors (Lipinski definition) is 1. The van der Waals surface area contributed by atoms with E-state index in [2.05, 4.69) is 32.6 Å². The van der Waals surface area contributed by atoms with Gasteiger partial charge in [0.25, 0.3) is 0 Å². The summed E-state index contributed by atoms with van der Waals surface area (Å²) in [6.45, 7) is 7.03. The number of hydrogen-bond acceptors (Lipinski definition) is 6. The molecule has 2 atom stereocenters. The molecule has 1 amide bonds. The maximum Gasteiger partial charge on any atom is 0.321 e. The fourth-order valence-electron chi connectivity index (χ4n) is 6.36. The number of carbonyl (C=O) groups is 2. The van der Waals surface area contributed by atoms with E-state index in [0.29, 0.717) is 31.5 Å². The van der Waals surface area contributed by atoms with E-state index < -0.39 is 5.25 Å². The second-order valence-corrected chi connectivity index (χ2v) is 13.8. The Labute approximate surface area is 233 Å². The number of aliphatic hydroxyl groups excluding tert-OH is 1. The van der Waals surface area contributed by atoms with Crippen LogP contribution in [0.1, 0.15) is 97.8 Å². The van der Waals surface area contributed by atoms with Gasteiger partial charge < -0.3 is 19.5 Å². The summed E-state index contributed by atoms with van der Waals surface area (Å²) in [6, 6.07) is -0.371. The third kappa shape index (κ3) is 7.58. The van der Waals surface area contributed by atoms with E-state index in [1.165, 1.54) is 31.7 Å². The third-order valence-electron chi connectivity index (χ3n) is 8.83. The Morgan fingerprint density at radius 2 is 1.71 bits per heavy atom. The first-order valence-corrected chi connectivity index (χ1v) is 15.7. The number of esters is 1. The molecular weight excluding hydrogens is 498 g/mol. The Balaban J connectivity index is 1.56. The van der Waals surface area contributed by atoms with Crippen molar-refractivity contribution in [2.45, 2.75) is 127 Å². The smallest absolute Gasteiger partial charge is 0.321 e. The number of methoxy groups -OCH3 is 1. The largest absolute Gasteiger partial charge is 0.468 e. The highest BCUT2D eigenvalue weighted by molar-refractivity contribution is 8.05. The number of ether oxygens (including phenoxy) is 2. The highest BCUT2D eigenvalue weighted by Crippen LogP contribution is 2.41. The van der Waals surface area contributed by atoms with Gasteiger partial charge in [-0.15, -0.1) is 0 Å². The summed E-state index contributed by atoms with van der Waals surface area (Å²) >= 11 is 1.42. The maximum absolute atomic E-state index is 14.1. The molecule has 38 heavy (non-hydrogen) atoms. The van der Waals surface area contributed by atoms with E-state index in [1.54, 1.807) is 0 Å². The summed E-state index contributed by atoms with van der Waals surface area (Å²) < 4.78 is 11.3. The van der Waals surface area contributed by atoms with Crippen LogP contribution in [-0.2, 0) is 19.1 Å². The van der Waals surface area contributed by atoms with Gasteiger partial charge >= 0.3 is 5.97 Å². The van der Waals surface area contributed by atoms with Crippen LogP contribution < -0.4 is 0 Å². The number of amides is 1. The van der Waals surface area contributed by atoms with Crippen molar-refractivity contribution in [2.24, 2.45) is 17.3 Å². The predicted molar refractivity (Wildman–Crippen MR) is 151 cm³/mol. The topological polar surface area (TPSA) is 76.1 Å². The molecule has 1 heterocycles. The Bertz CT molecular complexity index is 914. The monoisotopic (exact) mass is 545 g/mol. The molecule has 212 valence electrons. The Kier molecular flexibility index (Phi) is 10.3. The summed E-state index contributed by atoms with van der Waals surface area (Å²) in [5.41, 5.74) is -0.309. The molecule has 3 fully saturated rings. The zero-order valence-electron chi connectivity index (χ0n) is 23.7. The summed E-state index contributed by atoms with van der Waals surface area (Å²) in [6.07, 6.45) is 13.6. The maximum atomic E-state index is 14.1. The van der Waals surface area contributed by atoms with Crippen molar-refractivity contribution in [2.75, 3.05) is 13.7 Å². The molecule has 0 radical (unpaired) electrons. The molecule has 0 saturated heterocycles. The van der Waals surface area contributed by atoms with Crippen LogP contribution in [0.3, 0.4) is 0 Å². The molecule has 0 bridgehead atoms. The number of aliphatic hydroxyl groups is 1. The summed E-state index contributed by atoms with van der Waals surface area (Å²) in [4.78, 5) is 29.9. The molecule has 7 heteroatoms. The first-order chi connectivity index (χ1) is 18.2. The van der Waals surface area contributed by atoms with E-state index in [-0.39, 0.29) is 41.4 Å². The fourth-order valence-corrected chi connectivity index (χ4v) is 7.50. The predicted octanol–water partition coefficient (Wildman–Crippen LogP) is 5.47. The molecule has 3 saturated carbocycles. The van der Waals surface area contributed by atoms with Gasteiger partial charge in [-0.1, -0.05) is 43.4 Å². The van der Waals surface area contributed by atoms with Crippen LogP contribution in [0.25, 0.3) is 0 Å². The van der Waals surface area contributed by atoms with Gasteiger partial charge in [-0.2, -0.15) is 0 Å². The van der Waals surface area contributed by atoms with Crippen molar-refractivity contribution in [1.82, 2.24) is 4.90 Å². The lowest BCUT2D eigenvalue weighted by Crippen LogP contribution is -2.54. The van der Waals surface area contributed by atoms with Crippen molar-refractivity contribution in [3.63, 3.8) is 0 Å². The standard InChI is InChI=1S/C31H47NO5S/c1-21-9-11-22(12-10-21)29(34)32(23-13-15-24(33)16-14-23)27-19-26(38-28(27)30(35)36-4)17-18-31(2,3)20-37-25-7-5-6-8-25/h19,21-25,27-28,33H,5-16,20H2,1-4H3. The van der Waals surface area contributed by atoms with Crippen LogP contribution in [0.5, 0.6) is 0 Å². The van der Waals surface area contributed by atoms with E-state index in [9.17, 15) is 14.7 Å². The normalized spacial score (nSPS) is 32.3. The van der Waals surface area contributed by atoms with Crippen LogP contribution in [0.4, 0.5) is 0 Å². The average molecular weight is 546 g/mol. The molecule has 0 aromatic heterocycles. The lowest BCUT2D eigenvalue weighted by molar-refractivity contribution is -0.146. The highest BCUT2D eigenvalue weighted by atomic mass is 32.2. The summed E-state index contributed by atoms with van der Waals surface area (Å²) in [7, 11) is 1.42. The molecule has 1 N–H and O–H groups in total. The van der Waals surface area contributed by atoms with Gasteiger partial charge in [0.15, 0.2) is 0 Å². The van der Waals surface area contributed by atoms with Crippen molar-refractivity contribution in [3.8, 4) is 11.8 Å². The first-order valence-electron chi connectivity index (χ1n) is 14.8. The zero-order valence-corrected chi connectivity index (χ0v) is 24.6. The SMILES string of the molecule is COC(=O)C1SC(C#CC(C)(C)COC2CCCC2)=CC1N(C(=O)C1CCC(C)CC1)C1CCC(O)CC1. The summed E-state index contributed by atoms with van der Waals surface area (Å²) in [5, 5.41) is 9.62. The number of carbonyl (C=O) groups excluding carboxylic acids is 2. The lowest BCUT2D eigenvalue weighted by atomic mass is 9.81. The molecule has 0 aromatic rings. The number of thioether (sulfide) groups is 1. The van der Waals surface area contributed by atoms with Crippen LogP contribution in [-0.4, -0.2) is 65.1 Å². The molecule has 4 rings (SSSR count). The molecule has 4 aliphatic rings. The van der Waals surface area contributed by atoms with E-state index in [4.69, 9.17) is 9.47 Å². The Hall–Kier alpha value is -1.49. The minimum Gasteiger partial charge on any atom is -0.468 e. The summed E-state index contributed by atoms with van der Waals surface area (Å²) in [5.74, 6) is 7.22. The van der Waals surface area contributed by atoms with Gasteiger partial charge in [-0.25, -0.2) is 0 Å². The molecule has 0 spiro atoms. The Morgan fingerprint density at radius 1 is 1.05 bits per heavy atom. The third-order valence-corrected chi connectivity index (χ3v) is 10.0. The lowest BCUT2D eigenvalue weighted by Gasteiger charge is -2.42. The Morgan fingerprint density at radius 3 is 2.34 bits per heavy atom. The van der Waals surface area contributed by atoms with Gasteiger partial charge in [-0.05, 0) is 90.0 Å². The van der Waals surface area contributed by atoms with Crippen LogP contribution in [0.2, 0.25) is 0 Å². The first kappa shape index (κ1) is 29.5. The fraction of sp³-hybridized carbons (Fsp3) is 0.806. The van der Waals surface area contributed by atoms with Crippen LogP contribution in [0.15, 0.2) is 11.0 Å². The van der Waals surface area contributed by atoms with E-state index in [1.807, 2.05) is 11.0 Å². The molecule has 2 unspecified atom stereocenters. The molecule has 1 aliphatic heterocycles. The number of rotatable bonds is 7. The molecule has 6 nitrogen and oxygen atoms in total. The molecule has 0 aromatic carbocycles. The highest BCUT2D eigenvalue weighted by Gasteiger charge is 2.45. The van der Waals surface area contributed by atoms with Crippen molar-refractivity contribution < 1.29 is 24.2 Å². The minimum atomic E-state index is -0.527. The number of allylic oxidation sites excluding steroid dienone is 1. The van der Waals surface area contributed by atoms with Crippen LogP contribution in [0, 0.1) is 29.1 Å².